The fourth-order valence-corrected chi connectivity index (χ4v) is 2.11. The molecule has 6 nitrogen and oxygen atoms in total. The van der Waals surface area contributed by atoms with E-state index in [1.807, 2.05) is 0 Å². The average molecular weight is 300 g/mol. The molecule has 0 radical (unpaired) electrons. The number of halogens is 1. The first-order valence-electron chi connectivity index (χ1n) is 5.74. The molecule has 8 heteroatoms. The van der Waals surface area contributed by atoms with Crippen LogP contribution in [0.5, 0.6) is 0 Å². The zero-order chi connectivity index (χ0) is 15.1. The molecule has 0 saturated carbocycles. The molecule has 0 spiro atoms. The lowest BCUT2D eigenvalue weighted by molar-refractivity contribution is 0.0522. The van der Waals surface area contributed by atoms with Crippen LogP contribution in [0, 0.1) is 0 Å². The Morgan fingerprint density at radius 2 is 2.00 bits per heavy atom. The highest BCUT2D eigenvalue weighted by atomic mass is 32.3. The molecule has 0 aliphatic heterocycles. The zero-order valence-electron chi connectivity index (χ0n) is 11.1. The van der Waals surface area contributed by atoms with Gasteiger partial charge in [0.1, 0.15) is 5.60 Å². The molecule has 1 heterocycles. The molecule has 0 unspecified atom stereocenters. The largest absolute Gasteiger partial charge is 0.442 e. The summed E-state index contributed by atoms with van der Waals surface area (Å²) in [5.41, 5.74) is -0.343. The van der Waals surface area contributed by atoms with Crippen LogP contribution in [0.1, 0.15) is 20.8 Å². The van der Waals surface area contributed by atoms with Crippen molar-refractivity contribution in [1.82, 2.24) is 9.78 Å². The number of aromatic nitrogens is 2. The second kappa shape index (κ2) is 4.55. The Hall–Kier alpha value is -1.96. The van der Waals surface area contributed by atoms with Gasteiger partial charge in [0.25, 0.3) is 0 Å². The smallest absolute Gasteiger partial charge is 0.435 e. The summed E-state index contributed by atoms with van der Waals surface area (Å²) in [7, 11) is -4.79. The monoisotopic (exact) mass is 300 g/mol. The molecule has 0 saturated heterocycles. The van der Waals surface area contributed by atoms with Gasteiger partial charge < -0.3 is 4.74 Å². The minimum Gasteiger partial charge on any atom is -0.442 e. The SMILES string of the molecule is CC(C)(C)OC(=O)n1ncc2cc(S(=O)(=O)F)ccc21. The summed E-state index contributed by atoms with van der Waals surface area (Å²) in [5, 5.41) is 4.16. The Morgan fingerprint density at radius 3 is 2.55 bits per heavy atom. The molecule has 1 aromatic carbocycles. The maximum atomic E-state index is 12.9. The highest BCUT2D eigenvalue weighted by molar-refractivity contribution is 7.86. The number of hydrogen-bond acceptors (Lipinski definition) is 5. The number of ether oxygens (including phenoxy) is 1. The van der Waals surface area contributed by atoms with E-state index in [1.54, 1.807) is 20.8 Å². The van der Waals surface area contributed by atoms with E-state index in [0.29, 0.717) is 10.9 Å². The third kappa shape index (κ3) is 2.96. The van der Waals surface area contributed by atoms with Crippen molar-refractivity contribution < 1.29 is 21.8 Å². The lowest BCUT2D eigenvalue weighted by Gasteiger charge is -2.19. The van der Waals surface area contributed by atoms with Gasteiger partial charge in [0.05, 0.1) is 16.6 Å². The predicted molar refractivity (Wildman–Crippen MR) is 69.7 cm³/mol. The standard InChI is InChI=1S/C12H13FN2O4S/c1-12(2,3)19-11(16)15-10-5-4-9(20(13,17)18)6-8(10)7-14-15/h4-7H,1-3H3. The first-order valence-corrected chi connectivity index (χ1v) is 7.12. The Balaban J connectivity index is 2.46. The summed E-state index contributed by atoms with van der Waals surface area (Å²) in [4.78, 5) is 11.4. The predicted octanol–water partition coefficient (Wildman–Crippen LogP) is 2.48. The zero-order valence-corrected chi connectivity index (χ0v) is 11.9. The van der Waals surface area contributed by atoms with Crippen molar-refractivity contribution in [2.24, 2.45) is 0 Å². The van der Waals surface area contributed by atoms with Crippen LogP contribution >= 0.6 is 0 Å². The quantitative estimate of drug-likeness (QED) is 0.756. The van der Waals surface area contributed by atoms with Gasteiger partial charge in [-0.15, -0.1) is 3.89 Å². The van der Waals surface area contributed by atoms with Crippen molar-refractivity contribution in [2.75, 3.05) is 0 Å². The highest BCUT2D eigenvalue weighted by Gasteiger charge is 2.21. The molecule has 0 N–H and O–H groups in total. The average Bonchev–Trinajstić information content (AvgIpc) is 2.67. The van der Waals surface area contributed by atoms with Crippen LogP contribution < -0.4 is 0 Å². The first kappa shape index (κ1) is 14.4. The van der Waals surface area contributed by atoms with E-state index in [0.717, 1.165) is 16.8 Å². The van der Waals surface area contributed by atoms with E-state index < -0.39 is 26.8 Å². The number of carbonyl (C=O) groups excluding carboxylic acids is 1. The van der Waals surface area contributed by atoms with Gasteiger partial charge in [-0.3, -0.25) is 0 Å². The van der Waals surface area contributed by atoms with Gasteiger partial charge in [0, 0.05) is 5.39 Å². The molecule has 108 valence electrons. The van der Waals surface area contributed by atoms with Gasteiger partial charge in [-0.2, -0.15) is 18.2 Å². The van der Waals surface area contributed by atoms with Crippen LogP contribution in [0.3, 0.4) is 0 Å². The minimum atomic E-state index is -4.79. The van der Waals surface area contributed by atoms with E-state index in [2.05, 4.69) is 5.10 Å². The number of carbonyl (C=O) groups is 1. The lowest BCUT2D eigenvalue weighted by Crippen LogP contribution is -2.27. The fraction of sp³-hybridized carbons (Fsp3) is 0.333. The number of hydrogen-bond donors (Lipinski definition) is 0. The summed E-state index contributed by atoms with van der Waals surface area (Å²) in [5.74, 6) is 0. The number of nitrogens with zero attached hydrogens (tertiary/aromatic N) is 2. The van der Waals surface area contributed by atoms with Crippen molar-refractivity contribution in [3.63, 3.8) is 0 Å². The van der Waals surface area contributed by atoms with Crippen LogP contribution in [0.25, 0.3) is 10.9 Å². The molecule has 0 amide bonds. The topological polar surface area (TPSA) is 78.3 Å². The van der Waals surface area contributed by atoms with Crippen molar-refractivity contribution in [2.45, 2.75) is 31.3 Å². The minimum absolute atomic E-state index is 0.328. The normalized spacial score (nSPS) is 12.6. The second-order valence-electron chi connectivity index (χ2n) is 5.20. The van der Waals surface area contributed by atoms with Gasteiger partial charge in [0.2, 0.25) is 0 Å². The maximum absolute atomic E-state index is 12.9. The molecule has 2 rings (SSSR count). The van der Waals surface area contributed by atoms with Crippen LogP contribution in [0.4, 0.5) is 8.68 Å². The van der Waals surface area contributed by atoms with Crippen LogP contribution in [0.2, 0.25) is 0 Å². The second-order valence-corrected chi connectivity index (χ2v) is 6.54. The van der Waals surface area contributed by atoms with Gasteiger partial charge in [-0.25, -0.2) is 4.79 Å². The van der Waals surface area contributed by atoms with Crippen molar-refractivity contribution in [3.8, 4) is 0 Å². The molecular formula is C12H13FN2O4S. The number of fused-ring (bicyclic) bond motifs is 1. The van der Waals surface area contributed by atoms with Crippen LogP contribution in [0.15, 0.2) is 29.3 Å². The lowest BCUT2D eigenvalue weighted by atomic mass is 10.2. The molecule has 20 heavy (non-hydrogen) atoms. The molecule has 0 bridgehead atoms. The maximum Gasteiger partial charge on any atom is 0.435 e. The van der Waals surface area contributed by atoms with Crippen LogP contribution in [-0.2, 0) is 15.0 Å². The molecule has 0 atom stereocenters. The summed E-state index contributed by atoms with van der Waals surface area (Å²) in [6.45, 7) is 5.14. The van der Waals surface area contributed by atoms with E-state index in [1.165, 1.54) is 12.3 Å². The Kier molecular flexibility index (Phi) is 3.29. The highest BCUT2D eigenvalue weighted by Crippen LogP contribution is 2.21. The summed E-state index contributed by atoms with van der Waals surface area (Å²) < 4.78 is 40.7. The Labute approximate surface area is 115 Å². The van der Waals surface area contributed by atoms with Gasteiger partial charge in [-0.1, -0.05) is 0 Å². The van der Waals surface area contributed by atoms with E-state index >= 15 is 0 Å². The van der Waals surface area contributed by atoms with E-state index in [-0.39, 0.29) is 0 Å². The van der Waals surface area contributed by atoms with Crippen molar-refractivity contribution in [3.05, 3.63) is 24.4 Å². The fourth-order valence-electron chi connectivity index (χ4n) is 1.61. The first-order chi connectivity index (χ1) is 9.08. The van der Waals surface area contributed by atoms with E-state index in [4.69, 9.17) is 4.74 Å². The van der Waals surface area contributed by atoms with Crippen molar-refractivity contribution in [1.29, 1.82) is 0 Å². The van der Waals surface area contributed by atoms with Gasteiger partial charge >= 0.3 is 16.3 Å². The Bertz CT molecular complexity index is 774. The third-order valence-corrected chi connectivity index (χ3v) is 3.20. The van der Waals surface area contributed by atoms with Gasteiger partial charge in [0.15, 0.2) is 0 Å². The third-order valence-electron chi connectivity index (χ3n) is 2.39. The molecule has 2 aromatic rings. The van der Waals surface area contributed by atoms with Crippen molar-refractivity contribution >= 4 is 27.2 Å². The molecule has 0 fully saturated rings. The summed E-state index contributed by atoms with van der Waals surface area (Å²) >= 11 is 0. The number of benzene rings is 1. The molecule has 0 aliphatic rings. The number of rotatable bonds is 1. The molecule has 0 aliphatic carbocycles. The Morgan fingerprint density at radius 1 is 1.35 bits per heavy atom. The summed E-state index contributed by atoms with van der Waals surface area (Å²) in [6.07, 6.45) is 0.580. The molecule has 1 aromatic heterocycles. The van der Waals surface area contributed by atoms with E-state index in [9.17, 15) is 17.1 Å². The summed E-state index contributed by atoms with van der Waals surface area (Å²) in [6, 6.07) is 3.48. The van der Waals surface area contributed by atoms with Gasteiger partial charge in [-0.05, 0) is 39.0 Å². The molecular weight excluding hydrogens is 287 g/mol. The van der Waals surface area contributed by atoms with Crippen LogP contribution in [-0.4, -0.2) is 29.9 Å².